The van der Waals surface area contributed by atoms with Crippen LogP contribution in [0, 0.1) is 13.8 Å². The summed E-state index contributed by atoms with van der Waals surface area (Å²) in [5.74, 6) is 1.50. The zero-order chi connectivity index (χ0) is 18.1. The van der Waals surface area contributed by atoms with Gasteiger partial charge in [-0.05, 0) is 44.4 Å². The van der Waals surface area contributed by atoms with Gasteiger partial charge >= 0.3 is 0 Å². The highest BCUT2D eigenvalue weighted by atomic mass is 16.2. The number of hydrogen-bond acceptors (Lipinski definition) is 3. The first kappa shape index (κ1) is 16.8. The molecule has 1 saturated heterocycles. The maximum atomic E-state index is 12.6. The lowest BCUT2D eigenvalue weighted by Crippen LogP contribution is -2.39. The quantitative estimate of drug-likeness (QED) is 0.785. The molecule has 1 fully saturated rings. The Hall–Kier alpha value is -2.63. The van der Waals surface area contributed by atoms with E-state index in [1.807, 2.05) is 34.8 Å². The minimum Gasteiger partial charge on any atom is -0.342 e. The summed E-state index contributed by atoms with van der Waals surface area (Å²) in [6, 6.07) is 8.16. The lowest BCUT2D eigenvalue weighted by atomic mass is 9.97. The molecule has 1 atom stereocenters. The third kappa shape index (κ3) is 3.36. The number of aromatic nitrogens is 4. The van der Waals surface area contributed by atoms with Crippen molar-refractivity contribution in [2.75, 3.05) is 13.1 Å². The molecule has 0 radical (unpaired) electrons. The number of amides is 1. The Morgan fingerprint density at radius 3 is 2.96 bits per heavy atom. The van der Waals surface area contributed by atoms with Crippen LogP contribution in [0.1, 0.15) is 42.3 Å². The SMILES string of the molecule is Cc1ccn(CCC(=O)N2CCC[C@H](c3nc4c(C)cccc4[nH]3)C2)n1. The van der Waals surface area contributed by atoms with Gasteiger partial charge in [0.05, 0.1) is 16.7 Å². The number of aromatic amines is 1. The fourth-order valence-corrected chi connectivity index (χ4v) is 3.77. The maximum absolute atomic E-state index is 12.6. The van der Waals surface area contributed by atoms with E-state index in [2.05, 4.69) is 29.1 Å². The number of likely N-dealkylation sites (tertiary alicyclic amines) is 1. The van der Waals surface area contributed by atoms with Crippen molar-refractivity contribution < 1.29 is 4.79 Å². The van der Waals surface area contributed by atoms with Crippen molar-refractivity contribution in [1.82, 2.24) is 24.6 Å². The van der Waals surface area contributed by atoms with E-state index in [4.69, 9.17) is 4.98 Å². The third-order valence-electron chi connectivity index (χ3n) is 5.22. The Bertz CT molecular complexity index is 925. The molecule has 6 heteroatoms. The normalized spacial score (nSPS) is 17.8. The number of nitrogens with zero attached hydrogens (tertiary/aromatic N) is 4. The molecule has 0 bridgehead atoms. The van der Waals surface area contributed by atoms with Crippen molar-refractivity contribution in [2.45, 2.75) is 45.6 Å². The smallest absolute Gasteiger partial charge is 0.224 e. The Kier molecular flexibility index (Phi) is 4.49. The van der Waals surface area contributed by atoms with Crippen LogP contribution in [0.15, 0.2) is 30.5 Å². The van der Waals surface area contributed by atoms with Gasteiger partial charge in [0.1, 0.15) is 5.82 Å². The third-order valence-corrected chi connectivity index (χ3v) is 5.22. The first-order chi connectivity index (χ1) is 12.6. The zero-order valence-electron chi connectivity index (χ0n) is 15.4. The number of nitrogens with one attached hydrogen (secondary N) is 1. The molecule has 1 aliphatic rings. The van der Waals surface area contributed by atoms with Crippen LogP contribution in [-0.2, 0) is 11.3 Å². The van der Waals surface area contributed by atoms with Gasteiger partial charge in [-0.15, -0.1) is 0 Å². The standard InChI is InChI=1S/C20H25N5O/c1-14-5-3-7-17-19(14)22-20(21-17)16-6-4-10-24(13-16)18(26)9-12-25-11-8-15(2)23-25/h3,5,7-8,11,16H,4,6,9-10,12-13H2,1-2H3,(H,21,22)/t16-/m0/s1. The number of rotatable bonds is 4. The van der Waals surface area contributed by atoms with Crippen LogP contribution in [0.5, 0.6) is 0 Å². The second kappa shape index (κ2) is 6.94. The molecule has 4 rings (SSSR count). The van der Waals surface area contributed by atoms with Crippen LogP contribution >= 0.6 is 0 Å². The van der Waals surface area contributed by atoms with E-state index in [1.54, 1.807) is 0 Å². The highest BCUT2D eigenvalue weighted by Gasteiger charge is 2.26. The average molecular weight is 351 g/mol. The summed E-state index contributed by atoms with van der Waals surface area (Å²) in [5.41, 5.74) is 4.29. The van der Waals surface area contributed by atoms with Gasteiger partial charge in [-0.25, -0.2) is 4.98 Å². The van der Waals surface area contributed by atoms with E-state index in [-0.39, 0.29) is 11.8 Å². The number of para-hydroxylation sites is 1. The molecule has 0 saturated carbocycles. The van der Waals surface area contributed by atoms with Gasteiger partial charge in [-0.3, -0.25) is 9.48 Å². The predicted molar refractivity (Wildman–Crippen MR) is 101 cm³/mol. The topological polar surface area (TPSA) is 66.8 Å². The van der Waals surface area contributed by atoms with E-state index in [0.717, 1.165) is 48.5 Å². The van der Waals surface area contributed by atoms with Crippen LogP contribution in [0.2, 0.25) is 0 Å². The predicted octanol–water partition coefficient (Wildman–Crippen LogP) is 3.17. The Balaban J connectivity index is 1.42. The molecule has 26 heavy (non-hydrogen) atoms. The molecular weight excluding hydrogens is 326 g/mol. The first-order valence-electron chi connectivity index (χ1n) is 9.33. The number of imidazole rings is 1. The second-order valence-electron chi connectivity index (χ2n) is 7.24. The molecule has 0 aliphatic carbocycles. The van der Waals surface area contributed by atoms with Crippen LogP contribution in [0.4, 0.5) is 0 Å². The molecule has 1 aromatic carbocycles. The number of fused-ring (bicyclic) bond motifs is 1. The van der Waals surface area contributed by atoms with Gasteiger partial charge in [-0.2, -0.15) is 5.10 Å². The molecule has 1 amide bonds. The average Bonchev–Trinajstić information content (AvgIpc) is 3.27. The molecule has 3 aromatic rings. The number of aryl methyl sites for hydroxylation is 3. The first-order valence-corrected chi connectivity index (χ1v) is 9.33. The summed E-state index contributed by atoms with van der Waals surface area (Å²) in [6.07, 6.45) is 4.51. The lowest BCUT2D eigenvalue weighted by Gasteiger charge is -2.32. The summed E-state index contributed by atoms with van der Waals surface area (Å²) in [6.45, 7) is 6.27. The van der Waals surface area contributed by atoms with Crippen LogP contribution in [0.25, 0.3) is 11.0 Å². The molecule has 136 valence electrons. The molecule has 3 heterocycles. The molecule has 0 spiro atoms. The van der Waals surface area contributed by atoms with Crippen molar-refractivity contribution in [2.24, 2.45) is 0 Å². The number of carbonyl (C=O) groups is 1. The maximum Gasteiger partial charge on any atom is 0.224 e. The van der Waals surface area contributed by atoms with Gasteiger partial charge in [0.15, 0.2) is 0 Å². The van der Waals surface area contributed by atoms with Gasteiger partial charge < -0.3 is 9.88 Å². The number of carbonyl (C=O) groups excluding carboxylic acids is 1. The molecule has 0 unspecified atom stereocenters. The van der Waals surface area contributed by atoms with Gasteiger partial charge in [0, 0.05) is 38.2 Å². The van der Waals surface area contributed by atoms with Crippen molar-refractivity contribution in [1.29, 1.82) is 0 Å². The number of benzene rings is 1. The summed E-state index contributed by atoms with van der Waals surface area (Å²) >= 11 is 0. The number of hydrogen-bond donors (Lipinski definition) is 1. The van der Waals surface area contributed by atoms with Crippen LogP contribution in [0.3, 0.4) is 0 Å². The number of piperidine rings is 1. The number of H-pyrrole nitrogens is 1. The summed E-state index contributed by atoms with van der Waals surface area (Å²) in [5, 5.41) is 4.35. The summed E-state index contributed by atoms with van der Waals surface area (Å²) in [7, 11) is 0. The Labute approximate surface area is 153 Å². The van der Waals surface area contributed by atoms with Crippen molar-refractivity contribution in [3.8, 4) is 0 Å². The van der Waals surface area contributed by atoms with E-state index in [0.29, 0.717) is 13.0 Å². The fraction of sp³-hybridized carbons (Fsp3) is 0.450. The molecule has 1 N–H and O–H groups in total. The molecule has 1 aliphatic heterocycles. The summed E-state index contributed by atoms with van der Waals surface area (Å²) in [4.78, 5) is 22.9. The lowest BCUT2D eigenvalue weighted by molar-refractivity contribution is -0.132. The van der Waals surface area contributed by atoms with E-state index >= 15 is 0 Å². The van der Waals surface area contributed by atoms with E-state index in [1.165, 1.54) is 5.56 Å². The highest BCUT2D eigenvalue weighted by molar-refractivity contribution is 5.79. The van der Waals surface area contributed by atoms with Crippen LogP contribution in [-0.4, -0.2) is 43.6 Å². The minimum absolute atomic E-state index is 0.204. The zero-order valence-corrected chi connectivity index (χ0v) is 15.4. The Morgan fingerprint density at radius 1 is 1.31 bits per heavy atom. The molecular formula is C20H25N5O. The highest BCUT2D eigenvalue weighted by Crippen LogP contribution is 2.28. The minimum atomic E-state index is 0.204. The van der Waals surface area contributed by atoms with Gasteiger partial charge in [-0.1, -0.05) is 12.1 Å². The monoisotopic (exact) mass is 351 g/mol. The van der Waals surface area contributed by atoms with Crippen molar-refractivity contribution in [3.05, 3.63) is 47.5 Å². The molecule has 2 aromatic heterocycles. The van der Waals surface area contributed by atoms with E-state index in [9.17, 15) is 4.79 Å². The summed E-state index contributed by atoms with van der Waals surface area (Å²) < 4.78 is 1.84. The van der Waals surface area contributed by atoms with Crippen molar-refractivity contribution in [3.63, 3.8) is 0 Å². The largest absolute Gasteiger partial charge is 0.342 e. The van der Waals surface area contributed by atoms with Gasteiger partial charge in [0.2, 0.25) is 5.91 Å². The Morgan fingerprint density at radius 2 is 2.19 bits per heavy atom. The van der Waals surface area contributed by atoms with E-state index < -0.39 is 0 Å². The van der Waals surface area contributed by atoms with Crippen LogP contribution < -0.4 is 0 Å². The van der Waals surface area contributed by atoms with Crippen molar-refractivity contribution >= 4 is 16.9 Å². The van der Waals surface area contributed by atoms with Gasteiger partial charge in [0.25, 0.3) is 0 Å². The fourth-order valence-electron chi connectivity index (χ4n) is 3.77. The second-order valence-corrected chi connectivity index (χ2v) is 7.24. The molecule has 6 nitrogen and oxygen atoms in total.